The zero-order chi connectivity index (χ0) is 16.4. The molecule has 0 saturated carbocycles. The number of aldehydes is 1. The Labute approximate surface area is 139 Å². The first-order valence-corrected chi connectivity index (χ1v) is 7.50. The lowest BCUT2D eigenvalue weighted by Crippen LogP contribution is -1.99. The summed E-state index contributed by atoms with van der Waals surface area (Å²) in [4.78, 5) is 11.1. The fourth-order valence-corrected chi connectivity index (χ4v) is 2.61. The van der Waals surface area contributed by atoms with Gasteiger partial charge in [-0.2, -0.15) is 4.39 Å². The van der Waals surface area contributed by atoms with Gasteiger partial charge >= 0.3 is 0 Å². The number of carbonyl (C=O) groups excluding carboxylic acids is 1. The van der Waals surface area contributed by atoms with Crippen LogP contribution in [-0.2, 0) is 6.61 Å². The molecule has 2 heterocycles. The van der Waals surface area contributed by atoms with Gasteiger partial charge in [0.15, 0.2) is 6.29 Å². The molecule has 23 heavy (non-hydrogen) atoms. The minimum Gasteiger partial charge on any atom is -0.497 e. The molecule has 0 saturated heterocycles. The Bertz CT molecular complexity index is 862. The molecule has 0 fully saturated rings. The van der Waals surface area contributed by atoms with Crippen molar-refractivity contribution in [2.75, 3.05) is 7.11 Å². The number of ether oxygens (including phenoxy) is 2. The predicted molar refractivity (Wildman–Crippen MR) is 85.6 cm³/mol. The van der Waals surface area contributed by atoms with Gasteiger partial charge in [-0.15, -0.1) is 5.10 Å². The van der Waals surface area contributed by atoms with Crippen LogP contribution in [0.2, 0.25) is 0 Å². The van der Waals surface area contributed by atoms with Crippen LogP contribution in [0, 0.1) is 5.95 Å². The number of aromatic nitrogens is 2. The second kappa shape index (κ2) is 6.37. The summed E-state index contributed by atoms with van der Waals surface area (Å²) in [5.41, 5.74) is 1.09. The third-order valence-corrected chi connectivity index (χ3v) is 3.75. The summed E-state index contributed by atoms with van der Waals surface area (Å²) in [7, 11) is 1.60. The molecule has 0 amide bonds. The van der Waals surface area contributed by atoms with Gasteiger partial charge in [-0.1, -0.05) is 12.1 Å². The van der Waals surface area contributed by atoms with Crippen LogP contribution >= 0.6 is 15.9 Å². The smallest absolute Gasteiger partial charge is 0.244 e. The molecule has 0 unspecified atom stereocenters. The van der Waals surface area contributed by atoms with Crippen molar-refractivity contribution in [3.05, 3.63) is 58.1 Å². The molecular weight excluding hydrogens is 367 g/mol. The Balaban J connectivity index is 1.93. The Kier molecular flexibility index (Phi) is 4.29. The number of hydrogen-bond donors (Lipinski definition) is 0. The van der Waals surface area contributed by atoms with E-state index in [2.05, 4.69) is 21.0 Å². The van der Waals surface area contributed by atoms with Gasteiger partial charge in [-0.3, -0.25) is 4.79 Å². The quantitative estimate of drug-likeness (QED) is 0.636. The van der Waals surface area contributed by atoms with Crippen molar-refractivity contribution in [1.29, 1.82) is 0 Å². The molecule has 1 aromatic carbocycles. The van der Waals surface area contributed by atoms with Gasteiger partial charge in [0, 0.05) is 10.7 Å². The number of halogens is 2. The lowest BCUT2D eigenvalue weighted by atomic mass is 10.2. The van der Waals surface area contributed by atoms with Crippen LogP contribution < -0.4 is 9.47 Å². The van der Waals surface area contributed by atoms with Crippen LogP contribution in [-0.4, -0.2) is 23.0 Å². The molecule has 0 spiro atoms. The van der Waals surface area contributed by atoms with Gasteiger partial charge in [0.1, 0.15) is 29.2 Å². The van der Waals surface area contributed by atoms with E-state index in [1.165, 1.54) is 4.52 Å². The van der Waals surface area contributed by atoms with E-state index in [0.29, 0.717) is 22.0 Å². The maximum absolute atomic E-state index is 13.7. The third-order valence-electron chi connectivity index (χ3n) is 3.32. The molecule has 7 heteroatoms. The number of benzene rings is 1. The molecule has 5 nitrogen and oxygen atoms in total. The van der Waals surface area contributed by atoms with E-state index in [4.69, 9.17) is 9.47 Å². The Morgan fingerprint density at radius 3 is 2.74 bits per heavy atom. The van der Waals surface area contributed by atoms with E-state index in [0.717, 1.165) is 11.3 Å². The summed E-state index contributed by atoms with van der Waals surface area (Å²) in [6, 6.07) is 9.05. The molecule has 0 aliphatic carbocycles. The van der Waals surface area contributed by atoms with Crippen molar-refractivity contribution in [2.45, 2.75) is 6.61 Å². The Morgan fingerprint density at radius 1 is 1.35 bits per heavy atom. The van der Waals surface area contributed by atoms with Gasteiger partial charge in [-0.25, -0.2) is 4.52 Å². The minimum absolute atomic E-state index is 0.123. The van der Waals surface area contributed by atoms with Crippen molar-refractivity contribution in [2.24, 2.45) is 0 Å². The Morgan fingerprint density at radius 2 is 2.09 bits per heavy atom. The zero-order valence-corrected chi connectivity index (χ0v) is 13.7. The largest absolute Gasteiger partial charge is 0.497 e. The predicted octanol–water partition coefficient (Wildman–Crippen LogP) is 3.64. The maximum atomic E-state index is 13.7. The van der Waals surface area contributed by atoms with E-state index in [-0.39, 0.29) is 12.2 Å². The first-order chi connectivity index (χ1) is 11.1. The molecule has 3 rings (SSSR count). The first kappa shape index (κ1) is 15.5. The second-order valence-electron chi connectivity index (χ2n) is 4.77. The van der Waals surface area contributed by atoms with Crippen molar-refractivity contribution in [3.63, 3.8) is 0 Å². The molecule has 0 radical (unpaired) electrons. The van der Waals surface area contributed by atoms with Crippen LogP contribution in [0.3, 0.4) is 0 Å². The number of methoxy groups -OCH3 is 1. The summed E-state index contributed by atoms with van der Waals surface area (Å²) >= 11 is 3.32. The number of rotatable bonds is 5. The number of nitrogens with zero attached hydrogens (tertiary/aromatic N) is 2. The molecule has 0 atom stereocenters. The maximum Gasteiger partial charge on any atom is 0.244 e. The lowest BCUT2D eigenvalue weighted by Gasteiger charge is -2.09. The van der Waals surface area contributed by atoms with Crippen LogP contribution in [0.1, 0.15) is 15.9 Å². The van der Waals surface area contributed by atoms with E-state index < -0.39 is 5.95 Å². The van der Waals surface area contributed by atoms with E-state index >= 15 is 0 Å². The highest BCUT2D eigenvalue weighted by molar-refractivity contribution is 9.10. The molecule has 0 N–H and O–H groups in total. The monoisotopic (exact) mass is 378 g/mol. The van der Waals surface area contributed by atoms with Crippen molar-refractivity contribution in [3.8, 4) is 11.5 Å². The van der Waals surface area contributed by atoms with Gasteiger partial charge in [0.25, 0.3) is 0 Å². The molecule has 118 valence electrons. The summed E-state index contributed by atoms with van der Waals surface area (Å²) in [5.74, 6) is 0.292. The topological polar surface area (TPSA) is 52.8 Å². The van der Waals surface area contributed by atoms with Crippen LogP contribution in [0.5, 0.6) is 11.5 Å². The van der Waals surface area contributed by atoms with E-state index in [1.807, 2.05) is 24.3 Å². The highest BCUT2D eigenvalue weighted by Crippen LogP contribution is 2.29. The second-order valence-corrected chi connectivity index (χ2v) is 5.69. The molecule has 2 aromatic heterocycles. The van der Waals surface area contributed by atoms with Crippen LogP contribution in [0.4, 0.5) is 4.39 Å². The van der Waals surface area contributed by atoms with Gasteiger partial charge < -0.3 is 9.47 Å². The molecule has 0 bridgehead atoms. The highest BCUT2D eigenvalue weighted by Gasteiger charge is 2.17. The Hall–Kier alpha value is -2.41. The fourth-order valence-electron chi connectivity index (χ4n) is 2.20. The molecular formula is C16H12BrFN2O3. The summed E-state index contributed by atoms with van der Waals surface area (Å²) < 4.78 is 26.5. The summed E-state index contributed by atoms with van der Waals surface area (Å²) in [6.45, 7) is 0.265. The number of fused-ring (bicyclic) bond motifs is 1. The number of pyridine rings is 1. The van der Waals surface area contributed by atoms with Gasteiger partial charge in [-0.05, 0) is 39.7 Å². The molecule has 0 aliphatic rings. The number of carbonyl (C=O) groups is 1. The van der Waals surface area contributed by atoms with Gasteiger partial charge in [0.05, 0.1) is 7.11 Å². The van der Waals surface area contributed by atoms with Gasteiger partial charge in [0.2, 0.25) is 5.95 Å². The normalized spacial score (nSPS) is 10.7. The van der Waals surface area contributed by atoms with Crippen molar-refractivity contribution in [1.82, 2.24) is 9.61 Å². The SMILES string of the molecule is COc1ccc(COc2cc(Br)cn3nc(F)c(C=O)c23)cc1. The van der Waals surface area contributed by atoms with Crippen LogP contribution in [0.25, 0.3) is 5.52 Å². The summed E-state index contributed by atoms with van der Waals surface area (Å²) in [6.07, 6.45) is 2.00. The fraction of sp³-hybridized carbons (Fsp3) is 0.125. The standard InChI is InChI=1S/C16H12BrFN2O3/c1-22-12-4-2-10(3-5-12)9-23-14-6-11(17)7-20-15(14)13(8-21)16(18)19-20/h2-8H,9H2,1H3. The van der Waals surface area contributed by atoms with Crippen molar-refractivity contribution < 1.29 is 18.7 Å². The molecule has 3 aromatic rings. The van der Waals surface area contributed by atoms with Crippen molar-refractivity contribution >= 4 is 27.7 Å². The minimum atomic E-state index is -0.826. The van der Waals surface area contributed by atoms with E-state index in [1.54, 1.807) is 19.4 Å². The number of hydrogen-bond acceptors (Lipinski definition) is 4. The van der Waals surface area contributed by atoms with E-state index in [9.17, 15) is 9.18 Å². The zero-order valence-electron chi connectivity index (χ0n) is 12.1. The van der Waals surface area contributed by atoms with Crippen LogP contribution in [0.15, 0.2) is 41.0 Å². The highest BCUT2D eigenvalue weighted by atomic mass is 79.9. The first-order valence-electron chi connectivity index (χ1n) is 6.70. The average molecular weight is 379 g/mol. The molecule has 0 aliphatic heterocycles. The third kappa shape index (κ3) is 3.05. The summed E-state index contributed by atoms with van der Waals surface area (Å²) in [5, 5.41) is 3.68. The average Bonchev–Trinajstić information content (AvgIpc) is 2.87. The lowest BCUT2D eigenvalue weighted by molar-refractivity contribution is 0.112.